The van der Waals surface area contributed by atoms with E-state index in [0.29, 0.717) is 12.2 Å². The third-order valence-corrected chi connectivity index (χ3v) is 5.87. The number of nitrogens with one attached hydrogen (secondary N) is 2. The Morgan fingerprint density at radius 2 is 1.93 bits per heavy atom. The summed E-state index contributed by atoms with van der Waals surface area (Å²) in [5, 5.41) is 23.3. The predicted molar refractivity (Wildman–Crippen MR) is 152 cm³/mol. The van der Waals surface area contributed by atoms with Gasteiger partial charge >= 0.3 is 6.18 Å². The summed E-state index contributed by atoms with van der Waals surface area (Å²) in [6.07, 6.45) is -1.58. The zero-order chi connectivity index (χ0) is 32.3. The van der Waals surface area contributed by atoms with E-state index in [9.17, 15) is 36.6 Å². The third kappa shape index (κ3) is 16.8. The van der Waals surface area contributed by atoms with E-state index in [1.165, 1.54) is 18.5 Å². The summed E-state index contributed by atoms with van der Waals surface area (Å²) < 4.78 is 67.6. The number of carbonyl (C=O) groups is 2. The van der Waals surface area contributed by atoms with Gasteiger partial charge in [-0.05, 0) is 51.5 Å². The number of halogens is 5. The Bertz CT molecular complexity index is 1130. The van der Waals surface area contributed by atoms with Crippen LogP contribution in [0.15, 0.2) is 46.6 Å². The number of rotatable bonds is 12. The molecule has 42 heavy (non-hydrogen) atoms. The van der Waals surface area contributed by atoms with Gasteiger partial charge in [0.05, 0.1) is 30.5 Å². The molecule has 0 fully saturated rings. The molecule has 0 aliphatic carbocycles. The molecule has 0 aliphatic rings. The second kappa shape index (κ2) is 20.6. The van der Waals surface area contributed by atoms with E-state index in [2.05, 4.69) is 27.2 Å². The van der Waals surface area contributed by atoms with Crippen molar-refractivity contribution in [1.82, 2.24) is 15.6 Å². The van der Waals surface area contributed by atoms with Gasteiger partial charge in [-0.3, -0.25) is 14.6 Å². The number of aliphatic hydroxyl groups is 2. The number of hydrogen-bond acceptors (Lipinski definition) is 8. The van der Waals surface area contributed by atoms with Gasteiger partial charge in [0.1, 0.15) is 28.5 Å². The van der Waals surface area contributed by atoms with Crippen molar-refractivity contribution in [2.75, 3.05) is 12.8 Å². The molecule has 0 radical (unpaired) electrons. The monoisotopic (exact) mass is 624 g/mol. The van der Waals surface area contributed by atoms with E-state index in [1.807, 2.05) is 6.92 Å². The van der Waals surface area contributed by atoms with Crippen molar-refractivity contribution in [2.24, 2.45) is 4.99 Å². The molecule has 1 aromatic carbocycles. The molecule has 236 valence electrons. The lowest BCUT2D eigenvalue weighted by atomic mass is 10.0. The molecule has 0 bridgehead atoms. The first-order valence-corrected chi connectivity index (χ1v) is 13.9. The molecule has 0 saturated carbocycles. The number of nitrogens with zero attached hydrogens (tertiary/aromatic N) is 2. The largest absolute Gasteiger partial charge is 0.441 e. The molecule has 0 saturated heterocycles. The fraction of sp³-hybridized carbons (Fsp3) is 0.481. The highest BCUT2D eigenvalue weighted by Crippen LogP contribution is 2.24. The number of benzene rings is 1. The van der Waals surface area contributed by atoms with Gasteiger partial charge in [0.25, 0.3) is 0 Å². The molecule has 15 heteroatoms. The quantitative estimate of drug-likeness (QED) is 0.114. The highest BCUT2D eigenvalue weighted by atomic mass is 32.2. The summed E-state index contributed by atoms with van der Waals surface area (Å²) >= 11 is 1.10. The number of aromatic nitrogens is 1. The van der Waals surface area contributed by atoms with Crippen LogP contribution in [0.5, 0.6) is 0 Å². The number of aliphatic hydroxyl groups excluding tert-OH is 2. The highest BCUT2D eigenvalue weighted by molar-refractivity contribution is 8.13. The van der Waals surface area contributed by atoms with Crippen molar-refractivity contribution in [3.05, 3.63) is 54.6 Å². The second-order valence-corrected chi connectivity index (χ2v) is 9.46. The van der Waals surface area contributed by atoms with Gasteiger partial charge in [-0.25, -0.2) is 13.8 Å². The third-order valence-electron chi connectivity index (χ3n) is 5.10. The van der Waals surface area contributed by atoms with E-state index < -0.39 is 42.3 Å². The van der Waals surface area contributed by atoms with Crippen LogP contribution in [0.4, 0.5) is 22.0 Å². The Balaban J connectivity index is 0.000000739. The lowest BCUT2D eigenvalue weighted by Gasteiger charge is -2.25. The average molecular weight is 625 g/mol. The van der Waals surface area contributed by atoms with Crippen LogP contribution in [0.1, 0.15) is 45.3 Å². The number of oxazole rings is 1. The van der Waals surface area contributed by atoms with Crippen LogP contribution in [0.25, 0.3) is 11.5 Å². The lowest BCUT2D eigenvalue weighted by Crippen LogP contribution is -2.48. The minimum Gasteiger partial charge on any atom is -0.441 e. The topological polar surface area (TPSA) is 137 Å². The van der Waals surface area contributed by atoms with Gasteiger partial charge in [-0.1, -0.05) is 13.5 Å². The fourth-order valence-corrected chi connectivity index (χ4v) is 3.46. The van der Waals surface area contributed by atoms with Crippen LogP contribution in [0.3, 0.4) is 0 Å². The molecular formula is C27H37F5N4O5S. The number of aryl methyl sites for hydroxylation is 1. The minimum absolute atomic E-state index is 0.0930. The smallest absolute Gasteiger partial charge is 0.389 e. The van der Waals surface area contributed by atoms with Crippen LogP contribution in [0.2, 0.25) is 0 Å². The van der Waals surface area contributed by atoms with Crippen molar-refractivity contribution in [3.8, 4) is 11.5 Å². The molecule has 2 aromatic rings. The van der Waals surface area contributed by atoms with Gasteiger partial charge in [0.15, 0.2) is 0 Å². The van der Waals surface area contributed by atoms with E-state index in [4.69, 9.17) is 9.52 Å². The number of carbonyl (C=O) groups excluding carboxylic acids is 2. The zero-order valence-corrected chi connectivity index (χ0v) is 24.6. The minimum atomic E-state index is -4.31. The zero-order valence-electron chi connectivity index (χ0n) is 23.8. The Morgan fingerprint density at radius 1 is 1.29 bits per heavy atom. The van der Waals surface area contributed by atoms with Crippen molar-refractivity contribution in [2.45, 2.75) is 70.9 Å². The van der Waals surface area contributed by atoms with E-state index in [-0.39, 0.29) is 42.0 Å². The summed E-state index contributed by atoms with van der Waals surface area (Å²) in [4.78, 5) is 29.5. The number of amides is 2. The molecule has 2 rings (SSSR count). The van der Waals surface area contributed by atoms with Crippen molar-refractivity contribution < 1.29 is 46.2 Å². The van der Waals surface area contributed by atoms with Crippen LogP contribution in [-0.2, 0) is 9.59 Å². The number of hydrogen-bond donors (Lipinski definition) is 4. The molecule has 3 atom stereocenters. The summed E-state index contributed by atoms with van der Waals surface area (Å²) in [6.45, 7) is 8.49. The number of alkyl halides is 3. The second-order valence-electron chi connectivity index (χ2n) is 8.64. The van der Waals surface area contributed by atoms with Gasteiger partial charge in [-0.15, -0.1) is 11.8 Å². The molecule has 2 amide bonds. The SMILES string of the molecule is C=CN=C(SC)C(O)C(CCCC(F)(F)F)NC(=O)CNC=O.CCC(C)O.Cc1cnc(-c2ccc(F)cc2F)o1. The molecule has 1 aromatic heterocycles. The molecule has 9 nitrogen and oxygen atoms in total. The highest BCUT2D eigenvalue weighted by Gasteiger charge is 2.30. The van der Waals surface area contributed by atoms with E-state index in [0.717, 1.165) is 30.3 Å². The standard InChI is InChI=1S/C13H20F3N3O3S.C10H7F2NO.C4H10O/c1-3-18-12(23-2)11(22)9(5-4-6-13(14,15)16)19-10(21)7-17-8-20;1-6-5-13-10(14-6)8-3-2-7(11)4-9(8)12;1-3-4(2)5/h3,8-9,11,22H,1,4-7H2,2H3,(H,17,20)(H,19,21);2-5H,1H3;4-5H,3H2,1-2H3. The Kier molecular flexibility index (Phi) is 18.9. The van der Waals surface area contributed by atoms with Crippen LogP contribution >= 0.6 is 11.8 Å². The van der Waals surface area contributed by atoms with Crippen LogP contribution in [-0.4, -0.2) is 69.8 Å². The van der Waals surface area contributed by atoms with Crippen molar-refractivity contribution >= 4 is 29.1 Å². The van der Waals surface area contributed by atoms with Crippen LogP contribution < -0.4 is 10.6 Å². The maximum atomic E-state index is 13.2. The Labute approximate surface area is 245 Å². The summed E-state index contributed by atoms with van der Waals surface area (Å²) in [5.41, 5.74) is 0.166. The van der Waals surface area contributed by atoms with Gasteiger partial charge in [0.2, 0.25) is 18.2 Å². The first-order valence-electron chi connectivity index (χ1n) is 12.7. The summed E-state index contributed by atoms with van der Waals surface area (Å²) in [5.74, 6) is -1.16. The predicted octanol–water partition coefficient (Wildman–Crippen LogP) is 4.92. The lowest BCUT2D eigenvalue weighted by molar-refractivity contribution is -0.136. The fourth-order valence-electron chi connectivity index (χ4n) is 2.88. The maximum Gasteiger partial charge on any atom is 0.389 e. The Morgan fingerprint density at radius 3 is 2.38 bits per heavy atom. The average Bonchev–Trinajstić information content (AvgIpc) is 3.35. The van der Waals surface area contributed by atoms with Gasteiger partial charge in [0, 0.05) is 18.7 Å². The van der Waals surface area contributed by atoms with Crippen molar-refractivity contribution in [1.29, 1.82) is 0 Å². The molecule has 0 spiro atoms. The molecular weight excluding hydrogens is 587 g/mol. The van der Waals surface area contributed by atoms with E-state index >= 15 is 0 Å². The summed E-state index contributed by atoms with van der Waals surface area (Å²) in [6, 6.07) is 2.31. The molecule has 4 N–H and O–H groups in total. The molecule has 0 aliphatic heterocycles. The first-order chi connectivity index (χ1) is 19.7. The molecule has 1 heterocycles. The summed E-state index contributed by atoms with van der Waals surface area (Å²) in [7, 11) is 0. The number of thioether (sulfide) groups is 1. The normalized spacial score (nSPS) is 13.4. The first kappa shape index (κ1) is 38.7. The van der Waals surface area contributed by atoms with Crippen LogP contribution in [0, 0.1) is 18.6 Å². The van der Waals surface area contributed by atoms with Gasteiger partial charge < -0.3 is 25.3 Å². The molecule has 3 unspecified atom stereocenters. The van der Waals surface area contributed by atoms with Gasteiger partial charge in [-0.2, -0.15) is 13.2 Å². The van der Waals surface area contributed by atoms with E-state index in [1.54, 1.807) is 20.1 Å². The maximum absolute atomic E-state index is 13.2. The van der Waals surface area contributed by atoms with Crippen molar-refractivity contribution in [3.63, 3.8) is 0 Å². The number of aliphatic imine (C=N–C) groups is 1. The Hall–Kier alpha value is -3.30.